The van der Waals surface area contributed by atoms with E-state index in [4.69, 9.17) is 9.47 Å². The van der Waals surface area contributed by atoms with Gasteiger partial charge in [0.25, 0.3) is 0 Å². The quantitative estimate of drug-likeness (QED) is 0.811. The molecule has 6 nitrogen and oxygen atoms in total. The summed E-state index contributed by atoms with van der Waals surface area (Å²) in [5, 5.41) is 2.94. The molecular weight excluding hydrogens is 308 g/mol. The molecule has 1 fully saturated rings. The van der Waals surface area contributed by atoms with Gasteiger partial charge in [-0.1, -0.05) is 24.3 Å². The SMILES string of the molecule is CCOC(=O)C1CCN(C(=O)NCc2cccc(COC)c2)CC1. The van der Waals surface area contributed by atoms with Crippen LogP contribution in [0.3, 0.4) is 0 Å². The largest absolute Gasteiger partial charge is 0.466 e. The summed E-state index contributed by atoms with van der Waals surface area (Å²) in [6.07, 6.45) is 1.32. The molecule has 1 heterocycles. The second-order valence-corrected chi connectivity index (χ2v) is 5.93. The lowest BCUT2D eigenvalue weighted by Crippen LogP contribution is -2.45. The fourth-order valence-electron chi connectivity index (χ4n) is 2.86. The molecule has 0 aliphatic carbocycles. The molecule has 0 saturated carbocycles. The molecule has 1 saturated heterocycles. The number of carbonyl (C=O) groups is 2. The summed E-state index contributed by atoms with van der Waals surface area (Å²) in [6.45, 7) is 4.42. The number of carbonyl (C=O) groups excluding carboxylic acids is 2. The summed E-state index contributed by atoms with van der Waals surface area (Å²) in [6, 6.07) is 7.87. The Balaban J connectivity index is 1.77. The van der Waals surface area contributed by atoms with Crippen LogP contribution >= 0.6 is 0 Å². The highest BCUT2D eigenvalue weighted by atomic mass is 16.5. The van der Waals surface area contributed by atoms with E-state index in [1.54, 1.807) is 12.0 Å². The Morgan fingerprint density at radius 3 is 2.62 bits per heavy atom. The molecule has 2 amide bonds. The number of hydrogen-bond donors (Lipinski definition) is 1. The topological polar surface area (TPSA) is 67.9 Å². The molecule has 1 aliphatic rings. The number of nitrogens with one attached hydrogen (secondary N) is 1. The van der Waals surface area contributed by atoms with E-state index in [1.807, 2.05) is 31.2 Å². The van der Waals surface area contributed by atoms with Crippen molar-refractivity contribution in [1.29, 1.82) is 0 Å². The van der Waals surface area contributed by atoms with Gasteiger partial charge in [0.05, 0.1) is 19.1 Å². The summed E-state index contributed by atoms with van der Waals surface area (Å²) >= 11 is 0. The van der Waals surface area contributed by atoms with Crippen LogP contribution in [0, 0.1) is 5.92 Å². The van der Waals surface area contributed by atoms with E-state index < -0.39 is 0 Å². The van der Waals surface area contributed by atoms with Crippen molar-refractivity contribution < 1.29 is 19.1 Å². The van der Waals surface area contributed by atoms with Gasteiger partial charge in [-0.25, -0.2) is 4.79 Å². The first-order valence-electron chi connectivity index (χ1n) is 8.40. The molecule has 1 aromatic rings. The van der Waals surface area contributed by atoms with Crippen molar-refractivity contribution >= 4 is 12.0 Å². The Morgan fingerprint density at radius 2 is 1.96 bits per heavy atom. The van der Waals surface area contributed by atoms with Gasteiger partial charge in [-0.05, 0) is 30.9 Å². The lowest BCUT2D eigenvalue weighted by Gasteiger charge is -2.30. The number of ether oxygens (including phenoxy) is 2. The van der Waals surface area contributed by atoms with Gasteiger partial charge in [-0.3, -0.25) is 4.79 Å². The van der Waals surface area contributed by atoms with Crippen molar-refractivity contribution in [3.8, 4) is 0 Å². The highest BCUT2D eigenvalue weighted by molar-refractivity contribution is 5.76. The second kappa shape index (κ2) is 9.27. The highest BCUT2D eigenvalue weighted by Gasteiger charge is 2.27. The Labute approximate surface area is 143 Å². The van der Waals surface area contributed by atoms with Crippen molar-refractivity contribution in [1.82, 2.24) is 10.2 Å². The van der Waals surface area contributed by atoms with Crippen LogP contribution in [0.4, 0.5) is 4.79 Å². The summed E-state index contributed by atoms with van der Waals surface area (Å²) in [5.41, 5.74) is 2.12. The molecule has 24 heavy (non-hydrogen) atoms. The maximum Gasteiger partial charge on any atom is 0.317 e. The van der Waals surface area contributed by atoms with Crippen LogP contribution in [0.2, 0.25) is 0 Å². The third kappa shape index (κ3) is 5.23. The monoisotopic (exact) mass is 334 g/mol. The van der Waals surface area contributed by atoms with E-state index in [1.165, 1.54) is 0 Å². The molecule has 0 aromatic heterocycles. The number of piperidine rings is 1. The first-order valence-corrected chi connectivity index (χ1v) is 8.40. The minimum Gasteiger partial charge on any atom is -0.466 e. The zero-order valence-corrected chi connectivity index (χ0v) is 14.4. The second-order valence-electron chi connectivity index (χ2n) is 5.93. The van der Waals surface area contributed by atoms with Gasteiger partial charge in [0, 0.05) is 26.7 Å². The number of methoxy groups -OCH3 is 1. The van der Waals surface area contributed by atoms with Crippen LogP contribution in [0.1, 0.15) is 30.9 Å². The molecule has 0 atom stereocenters. The van der Waals surface area contributed by atoms with Gasteiger partial charge in [-0.15, -0.1) is 0 Å². The minimum atomic E-state index is -0.146. The van der Waals surface area contributed by atoms with Crippen molar-refractivity contribution in [2.75, 3.05) is 26.8 Å². The number of amides is 2. The first-order chi connectivity index (χ1) is 11.6. The molecule has 1 aliphatic heterocycles. The lowest BCUT2D eigenvalue weighted by atomic mass is 9.97. The average molecular weight is 334 g/mol. The van der Waals surface area contributed by atoms with Crippen molar-refractivity contribution in [3.05, 3.63) is 35.4 Å². The molecule has 6 heteroatoms. The fourth-order valence-corrected chi connectivity index (χ4v) is 2.86. The molecule has 1 aromatic carbocycles. The summed E-state index contributed by atoms with van der Waals surface area (Å²) in [7, 11) is 1.66. The van der Waals surface area contributed by atoms with Crippen LogP contribution in [-0.4, -0.2) is 43.7 Å². The van der Waals surface area contributed by atoms with E-state index in [-0.39, 0.29) is 17.9 Å². The highest BCUT2D eigenvalue weighted by Crippen LogP contribution is 2.18. The van der Waals surface area contributed by atoms with E-state index >= 15 is 0 Å². The number of nitrogens with zero attached hydrogens (tertiary/aromatic N) is 1. The van der Waals surface area contributed by atoms with E-state index in [9.17, 15) is 9.59 Å². The summed E-state index contributed by atoms with van der Waals surface area (Å²) in [4.78, 5) is 25.7. The van der Waals surface area contributed by atoms with E-state index in [0.717, 1.165) is 11.1 Å². The Kier molecular flexibility index (Phi) is 7.06. The number of benzene rings is 1. The van der Waals surface area contributed by atoms with Crippen LogP contribution in [0.5, 0.6) is 0 Å². The normalized spacial score (nSPS) is 15.2. The van der Waals surface area contributed by atoms with Crippen molar-refractivity contribution in [2.45, 2.75) is 32.9 Å². The summed E-state index contributed by atoms with van der Waals surface area (Å²) in [5.74, 6) is -0.229. The molecular formula is C18H26N2O4. The van der Waals surface area contributed by atoms with Gasteiger partial charge in [0.2, 0.25) is 0 Å². The van der Waals surface area contributed by atoms with Crippen LogP contribution in [0.15, 0.2) is 24.3 Å². The predicted molar refractivity (Wildman–Crippen MR) is 90.3 cm³/mol. The third-order valence-electron chi connectivity index (χ3n) is 4.15. The zero-order valence-electron chi connectivity index (χ0n) is 14.4. The molecule has 132 valence electrons. The smallest absolute Gasteiger partial charge is 0.317 e. The van der Waals surface area contributed by atoms with E-state index in [0.29, 0.717) is 45.7 Å². The molecule has 0 bridgehead atoms. The zero-order chi connectivity index (χ0) is 17.4. The minimum absolute atomic E-state index is 0.0836. The van der Waals surface area contributed by atoms with Crippen LogP contribution < -0.4 is 5.32 Å². The maximum absolute atomic E-state index is 12.3. The third-order valence-corrected chi connectivity index (χ3v) is 4.15. The van der Waals surface area contributed by atoms with Gasteiger partial charge < -0.3 is 19.7 Å². The van der Waals surface area contributed by atoms with Crippen LogP contribution in [-0.2, 0) is 27.4 Å². The Morgan fingerprint density at radius 1 is 1.25 bits per heavy atom. The predicted octanol–water partition coefficient (Wildman–Crippen LogP) is 2.32. The fraction of sp³-hybridized carbons (Fsp3) is 0.556. The number of urea groups is 1. The van der Waals surface area contributed by atoms with Gasteiger partial charge in [0.1, 0.15) is 0 Å². The standard InChI is InChI=1S/C18H26N2O4/c1-3-24-17(21)16-7-9-20(10-8-16)18(22)19-12-14-5-4-6-15(11-14)13-23-2/h4-6,11,16H,3,7-10,12-13H2,1-2H3,(H,19,22). The van der Waals surface area contributed by atoms with Gasteiger partial charge >= 0.3 is 12.0 Å². The Hall–Kier alpha value is -2.08. The van der Waals surface area contributed by atoms with E-state index in [2.05, 4.69) is 5.32 Å². The van der Waals surface area contributed by atoms with Gasteiger partial charge in [-0.2, -0.15) is 0 Å². The molecule has 1 N–H and O–H groups in total. The molecule has 2 rings (SSSR count). The summed E-state index contributed by atoms with van der Waals surface area (Å²) < 4.78 is 10.2. The number of likely N-dealkylation sites (tertiary alicyclic amines) is 1. The van der Waals surface area contributed by atoms with Crippen molar-refractivity contribution in [3.63, 3.8) is 0 Å². The van der Waals surface area contributed by atoms with Crippen LogP contribution in [0.25, 0.3) is 0 Å². The molecule has 0 spiro atoms. The van der Waals surface area contributed by atoms with Gasteiger partial charge in [0.15, 0.2) is 0 Å². The lowest BCUT2D eigenvalue weighted by molar-refractivity contribution is -0.149. The molecule has 0 unspecified atom stereocenters. The maximum atomic E-state index is 12.3. The van der Waals surface area contributed by atoms with Crippen molar-refractivity contribution in [2.24, 2.45) is 5.92 Å². The Bertz CT molecular complexity index is 554. The number of esters is 1. The average Bonchev–Trinajstić information content (AvgIpc) is 2.61. The number of rotatable bonds is 6. The molecule has 0 radical (unpaired) electrons. The number of hydrogen-bond acceptors (Lipinski definition) is 4. The first kappa shape index (κ1) is 18.3.